The SMILES string of the molecule is Cc1ccc(NC(=O)[C@@H]2CCCN(S(=O)(=O)c3ccccc3)C2)cc1C. The first-order valence-electron chi connectivity index (χ1n) is 8.81. The fourth-order valence-electron chi connectivity index (χ4n) is 3.18. The Labute approximate surface area is 155 Å². The van der Waals surface area contributed by atoms with Gasteiger partial charge in [0.05, 0.1) is 10.8 Å². The van der Waals surface area contributed by atoms with Crippen LogP contribution in [0.1, 0.15) is 24.0 Å². The first kappa shape index (κ1) is 18.6. The number of hydrogen-bond acceptors (Lipinski definition) is 3. The van der Waals surface area contributed by atoms with E-state index in [-0.39, 0.29) is 23.3 Å². The molecule has 0 aliphatic carbocycles. The maximum Gasteiger partial charge on any atom is 0.243 e. The van der Waals surface area contributed by atoms with Gasteiger partial charge in [-0.2, -0.15) is 4.31 Å². The summed E-state index contributed by atoms with van der Waals surface area (Å²) in [4.78, 5) is 12.9. The van der Waals surface area contributed by atoms with Gasteiger partial charge in [0.15, 0.2) is 0 Å². The molecule has 5 nitrogen and oxygen atoms in total. The zero-order valence-corrected chi connectivity index (χ0v) is 15.9. The maximum absolute atomic E-state index is 12.8. The molecule has 138 valence electrons. The number of carbonyl (C=O) groups is 1. The molecular weight excluding hydrogens is 348 g/mol. The standard InChI is InChI=1S/C20H24N2O3S/c1-15-10-11-18(13-16(15)2)21-20(23)17-7-6-12-22(14-17)26(24,25)19-8-4-3-5-9-19/h3-5,8-11,13,17H,6-7,12,14H2,1-2H3,(H,21,23)/t17-/m1/s1. The fraction of sp³-hybridized carbons (Fsp3) is 0.350. The third kappa shape index (κ3) is 3.97. The second-order valence-corrected chi connectivity index (χ2v) is 8.74. The van der Waals surface area contributed by atoms with E-state index in [4.69, 9.17) is 0 Å². The number of anilines is 1. The molecule has 0 unspecified atom stereocenters. The summed E-state index contributed by atoms with van der Waals surface area (Å²) < 4.78 is 27.0. The van der Waals surface area contributed by atoms with Crippen molar-refractivity contribution in [3.8, 4) is 0 Å². The minimum absolute atomic E-state index is 0.124. The van der Waals surface area contributed by atoms with Gasteiger partial charge in [-0.05, 0) is 62.1 Å². The number of nitrogens with zero attached hydrogens (tertiary/aromatic N) is 1. The number of piperidine rings is 1. The molecule has 1 N–H and O–H groups in total. The molecule has 1 fully saturated rings. The highest BCUT2D eigenvalue weighted by Gasteiger charge is 2.33. The predicted octanol–water partition coefficient (Wildman–Crippen LogP) is 3.34. The molecule has 1 saturated heterocycles. The first-order chi connectivity index (χ1) is 12.4. The molecule has 1 aliphatic heterocycles. The number of carbonyl (C=O) groups excluding carboxylic acids is 1. The van der Waals surface area contributed by atoms with Crippen LogP contribution in [-0.4, -0.2) is 31.7 Å². The van der Waals surface area contributed by atoms with Gasteiger partial charge in [0, 0.05) is 18.8 Å². The Morgan fingerprint density at radius 2 is 1.81 bits per heavy atom. The van der Waals surface area contributed by atoms with E-state index in [0.717, 1.165) is 11.3 Å². The van der Waals surface area contributed by atoms with Crippen molar-refractivity contribution in [2.75, 3.05) is 18.4 Å². The molecule has 1 amide bonds. The van der Waals surface area contributed by atoms with Gasteiger partial charge in [-0.3, -0.25) is 4.79 Å². The van der Waals surface area contributed by atoms with Crippen LogP contribution in [0.2, 0.25) is 0 Å². The predicted molar refractivity (Wildman–Crippen MR) is 102 cm³/mol. The summed E-state index contributed by atoms with van der Waals surface area (Å²) in [6.07, 6.45) is 1.37. The molecule has 2 aromatic carbocycles. The summed E-state index contributed by atoms with van der Waals surface area (Å²) >= 11 is 0. The highest BCUT2D eigenvalue weighted by Crippen LogP contribution is 2.25. The Bertz CT molecular complexity index is 895. The molecule has 3 rings (SSSR count). The number of aryl methyl sites for hydroxylation is 2. The van der Waals surface area contributed by atoms with Gasteiger partial charge in [-0.25, -0.2) is 8.42 Å². The number of hydrogen-bond donors (Lipinski definition) is 1. The van der Waals surface area contributed by atoms with Crippen LogP contribution in [0, 0.1) is 19.8 Å². The van der Waals surface area contributed by atoms with Crippen LogP contribution in [0.4, 0.5) is 5.69 Å². The average Bonchev–Trinajstić information content (AvgIpc) is 2.65. The molecule has 1 heterocycles. The quantitative estimate of drug-likeness (QED) is 0.895. The number of benzene rings is 2. The van der Waals surface area contributed by atoms with Crippen molar-refractivity contribution in [1.82, 2.24) is 4.31 Å². The number of nitrogens with one attached hydrogen (secondary N) is 1. The molecule has 0 radical (unpaired) electrons. The van der Waals surface area contributed by atoms with Crippen LogP contribution in [0.3, 0.4) is 0 Å². The Balaban J connectivity index is 1.71. The number of amides is 1. The minimum atomic E-state index is -3.56. The largest absolute Gasteiger partial charge is 0.326 e. The average molecular weight is 372 g/mol. The van der Waals surface area contributed by atoms with Crippen LogP contribution in [0.15, 0.2) is 53.4 Å². The van der Waals surface area contributed by atoms with E-state index < -0.39 is 10.0 Å². The Morgan fingerprint density at radius 3 is 2.50 bits per heavy atom. The van der Waals surface area contributed by atoms with Crippen molar-refractivity contribution in [1.29, 1.82) is 0 Å². The van der Waals surface area contributed by atoms with Crippen LogP contribution >= 0.6 is 0 Å². The zero-order chi connectivity index (χ0) is 18.7. The fourth-order valence-corrected chi connectivity index (χ4v) is 4.72. The van der Waals surface area contributed by atoms with Gasteiger partial charge in [0.1, 0.15) is 0 Å². The molecule has 26 heavy (non-hydrogen) atoms. The molecule has 0 bridgehead atoms. The van der Waals surface area contributed by atoms with E-state index in [2.05, 4.69) is 5.32 Å². The van der Waals surface area contributed by atoms with Crippen molar-refractivity contribution in [2.24, 2.45) is 5.92 Å². The Hall–Kier alpha value is -2.18. The third-order valence-electron chi connectivity index (χ3n) is 4.91. The van der Waals surface area contributed by atoms with Crippen LogP contribution in [-0.2, 0) is 14.8 Å². The van der Waals surface area contributed by atoms with Gasteiger partial charge < -0.3 is 5.32 Å². The lowest BCUT2D eigenvalue weighted by Crippen LogP contribution is -2.43. The molecule has 0 saturated carbocycles. The molecule has 0 aromatic heterocycles. The van der Waals surface area contributed by atoms with E-state index in [1.165, 1.54) is 9.87 Å². The molecule has 2 aromatic rings. The van der Waals surface area contributed by atoms with Crippen LogP contribution in [0.25, 0.3) is 0 Å². The lowest BCUT2D eigenvalue weighted by atomic mass is 9.98. The molecule has 1 atom stereocenters. The summed E-state index contributed by atoms with van der Waals surface area (Å²) in [6.45, 7) is 4.69. The van der Waals surface area contributed by atoms with Gasteiger partial charge in [0.25, 0.3) is 0 Å². The van der Waals surface area contributed by atoms with Crippen LogP contribution in [0.5, 0.6) is 0 Å². The monoisotopic (exact) mass is 372 g/mol. The number of sulfonamides is 1. The molecule has 6 heteroatoms. The second-order valence-electron chi connectivity index (χ2n) is 6.80. The van der Waals surface area contributed by atoms with Gasteiger partial charge in [-0.1, -0.05) is 24.3 Å². The summed E-state index contributed by atoms with van der Waals surface area (Å²) in [5, 5.41) is 2.93. The van der Waals surface area contributed by atoms with E-state index in [1.807, 2.05) is 32.0 Å². The van der Waals surface area contributed by atoms with E-state index >= 15 is 0 Å². The summed E-state index contributed by atoms with van der Waals surface area (Å²) in [5.41, 5.74) is 3.03. The minimum Gasteiger partial charge on any atom is -0.326 e. The maximum atomic E-state index is 12.8. The highest BCUT2D eigenvalue weighted by atomic mass is 32.2. The third-order valence-corrected chi connectivity index (χ3v) is 6.79. The Kier molecular flexibility index (Phi) is 5.44. The summed E-state index contributed by atoms with van der Waals surface area (Å²) in [7, 11) is -3.56. The van der Waals surface area contributed by atoms with Crippen molar-refractivity contribution in [2.45, 2.75) is 31.6 Å². The summed E-state index contributed by atoms with van der Waals surface area (Å²) in [6, 6.07) is 14.2. The lowest BCUT2D eigenvalue weighted by Gasteiger charge is -2.31. The van der Waals surface area contributed by atoms with Crippen molar-refractivity contribution in [3.63, 3.8) is 0 Å². The van der Waals surface area contributed by atoms with Crippen molar-refractivity contribution in [3.05, 3.63) is 59.7 Å². The normalized spacial score (nSPS) is 18.5. The van der Waals surface area contributed by atoms with Gasteiger partial charge in [-0.15, -0.1) is 0 Å². The van der Waals surface area contributed by atoms with Gasteiger partial charge >= 0.3 is 0 Å². The van der Waals surface area contributed by atoms with E-state index in [9.17, 15) is 13.2 Å². The van der Waals surface area contributed by atoms with E-state index in [0.29, 0.717) is 19.4 Å². The molecule has 0 spiro atoms. The van der Waals surface area contributed by atoms with E-state index in [1.54, 1.807) is 30.3 Å². The smallest absolute Gasteiger partial charge is 0.243 e. The highest BCUT2D eigenvalue weighted by molar-refractivity contribution is 7.89. The van der Waals surface area contributed by atoms with Crippen molar-refractivity contribution < 1.29 is 13.2 Å². The molecule has 1 aliphatic rings. The second kappa shape index (κ2) is 7.60. The summed E-state index contributed by atoms with van der Waals surface area (Å²) in [5.74, 6) is -0.468. The van der Waals surface area contributed by atoms with Gasteiger partial charge in [0.2, 0.25) is 15.9 Å². The molecular formula is C20H24N2O3S. The van der Waals surface area contributed by atoms with Crippen molar-refractivity contribution >= 4 is 21.6 Å². The van der Waals surface area contributed by atoms with Crippen LogP contribution < -0.4 is 5.32 Å². The lowest BCUT2D eigenvalue weighted by molar-refractivity contribution is -0.120. The first-order valence-corrected chi connectivity index (χ1v) is 10.3. The number of rotatable bonds is 4. The Morgan fingerprint density at radius 1 is 1.08 bits per heavy atom. The topological polar surface area (TPSA) is 66.5 Å². The zero-order valence-electron chi connectivity index (χ0n) is 15.1.